The lowest BCUT2D eigenvalue weighted by Gasteiger charge is -2.38. The molecule has 2 heterocycles. The first-order valence-corrected chi connectivity index (χ1v) is 10.3. The standard InChI is InChI=1S/C19H19FN2O5S/c20-14-3-1-13(2-4-14)12-21-19(23)16-7-8-22(16)28(24,25)15-5-6-17-18(11-15)27-10-9-26-17/h1-6,11,16H,7-10,12H2,(H,21,23). The minimum atomic E-state index is -3.83. The van der Waals surface area contributed by atoms with E-state index in [1.165, 1.54) is 28.6 Å². The van der Waals surface area contributed by atoms with Crippen molar-refractivity contribution in [1.82, 2.24) is 9.62 Å². The van der Waals surface area contributed by atoms with Crippen LogP contribution in [0.2, 0.25) is 0 Å². The molecule has 1 fully saturated rings. The van der Waals surface area contributed by atoms with Gasteiger partial charge in [0.2, 0.25) is 15.9 Å². The van der Waals surface area contributed by atoms with Gasteiger partial charge in [0.15, 0.2) is 11.5 Å². The molecule has 0 radical (unpaired) electrons. The number of ether oxygens (including phenoxy) is 2. The number of sulfonamides is 1. The van der Waals surface area contributed by atoms with Crippen LogP contribution in [0.5, 0.6) is 11.5 Å². The topological polar surface area (TPSA) is 84.9 Å². The minimum Gasteiger partial charge on any atom is -0.486 e. The van der Waals surface area contributed by atoms with Gasteiger partial charge in [-0.1, -0.05) is 12.1 Å². The minimum absolute atomic E-state index is 0.0628. The van der Waals surface area contributed by atoms with Crippen molar-refractivity contribution in [2.75, 3.05) is 19.8 Å². The Morgan fingerprint density at radius 1 is 1.11 bits per heavy atom. The van der Waals surface area contributed by atoms with Gasteiger partial charge < -0.3 is 14.8 Å². The number of nitrogens with one attached hydrogen (secondary N) is 1. The van der Waals surface area contributed by atoms with E-state index in [-0.39, 0.29) is 29.7 Å². The van der Waals surface area contributed by atoms with Gasteiger partial charge in [0.1, 0.15) is 25.1 Å². The maximum absolute atomic E-state index is 12.9. The van der Waals surface area contributed by atoms with Gasteiger partial charge in [-0.05, 0) is 36.2 Å². The van der Waals surface area contributed by atoms with E-state index in [2.05, 4.69) is 5.32 Å². The van der Waals surface area contributed by atoms with Crippen molar-refractivity contribution in [2.45, 2.75) is 23.9 Å². The highest BCUT2D eigenvalue weighted by Gasteiger charge is 2.43. The van der Waals surface area contributed by atoms with Crippen molar-refractivity contribution < 1.29 is 27.1 Å². The van der Waals surface area contributed by atoms with Crippen LogP contribution in [0.1, 0.15) is 12.0 Å². The van der Waals surface area contributed by atoms with Crippen LogP contribution >= 0.6 is 0 Å². The second-order valence-electron chi connectivity index (χ2n) is 6.57. The molecule has 1 amide bonds. The zero-order valence-electron chi connectivity index (χ0n) is 14.9. The third-order valence-corrected chi connectivity index (χ3v) is 6.68. The lowest BCUT2D eigenvalue weighted by atomic mass is 10.1. The van der Waals surface area contributed by atoms with Gasteiger partial charge in [-0.3, -0.25) is 4.79 Å². The zero-order chi connectivity index (χ0) is 19.7. The van der Waals surface area contributed by atoms with Gasteiger partial charge in [0, 0.05) is 19.2 Å². The van der Waals surface area contributed by atoms with E-state index < -0.39 is 16.1 Å². The molecule has 0 bridgehead atoms. The number of amides is 1. The quantitative estimate of drug-likeness (QED) is 0.817. The number of hydrogen-bond donors (Lipinski definition) is 1. The van der Waals surface area contributed by atoms with Crippen molar-refractivity contribution in [1.29, 1.82) is 0 Å². The molecule has 7 nitrogen and oxygen atoms in total. The Hall–Kier alpha value is -2.65. The highest BCUT2D eigenvalue weighted by molar-refractivity contribution is 7.89. The third kappa shape index (κ3) is 3.55. The number of carbonyl (C=O) groups is 1. The summed E-state index contributed by atoms with van der Waals surface area (Å²) >= 11 is 0. The van der Waals surface area contributed by atoms with Gasteiger partial charge in [-0.2, -0.15) is 4.31 Å². The van der Waals surface area contributed by atoms with Gasteiger partial charge in [-0.15, -0.1) is 0 Å². The van der Waals surface area contributed by atoms with Crippen LogP contribution < -0.4 is 14.8 Å². The Morgan fingerprint density at radius 2 is 1.82 bits per heavy atom. The number of nitrogens with zero attached hydrogens (tertiary/aromatic N) is 1. The first kappa shape index (κ1) is 18.7. The summed E-state index contributed by atoms with van der Waals surface area (Å²) in [7, 11) is -3.83. The van der Waals surface area contributed by atoms with Gasteiger partial charge in [0.05, 0.1) is 4.90 Å². The third-order valence-electron chi connectivity index (χ3n) is 4.77. The first-order valence-electron chi connectivity index (χ1n) is 8.89. The SMILES string of the molecule is O=C(NCc1ccc(F)cc1)C1CCN1S(=O)(=O)c1ccc2c(c1)OCCO2. The monoisotopic (exact) mass is 406 g/mol. The van der Waals surface area contributed by atoms with Crippen LogP contribution in [0.25, 0.3) is 0 Å². The van der Waals surface area contributed by atoms with E-state index in [0.717, 1.165) is 5.56 Å². The molecule has 9 heteroatoms. The second kappa shape index (κ2) is 7.40. The van der Waals surface area contributed by atoms with Gasteiger partial charge in [-0.25, -0.2) is 12.8 Å². The summed E-state index contributed by atoms with van der Waals surface area (Å²) in [5, 5.41) is 2.71. The summed E-state index contributed by atoms with van der Waals surface area (Å²) in [6.07, 6.45) is 0.443. The Morgan fingerprint density at radius 3 is 2.50 bits per heavy atom. The van der Waals surface area contributed by atoms with Crippen LogP contribution in [0, 0.1) is 5.82 Å². The molecule has 28 heavy (non-hydrogen) atoms. The van der Waals surface area contributed by atoms with Crippen LogP contribution in [0.3, 0.4) is 0 Å². The molecule has 0 aromatic heterocycles. The van der Waals surface area contributed by atoms with Crippen LogP contribution in [-0.4, -0.2) is 44.4 Å². The largest absolute Gasteiger partial charge is 0.486 e. The molecule has 1 N–H and O–H groups in total. The number of carbonyl (C=O) groups excluding carboxylic acids is 1. The smallest absolute Gasteiger partial charge is 0.243 e. The number of benzene rings is 2. The van der Waals surface area contributed by atoms with Crippen molar-refractivity contribution in [2.24, 2.45) is 0 Å². The Bertz CT molecular complexity index is 994. The summed E-state index contributed by atoms with van der Waals surface area (Å²) in [6, 6.07) is 9.43. The fraction of sp³-hybridized carbons (Fsp3) is 0.316. The second-order valence-corrected chi connectivity index (χ2v) is 8.46. The molecule has 0 aliphatic carbocycles. The fourth-order valence-electron chi connectivity index (χ4n) is 3.14. The fourth-order valence-corrected chi connectivity index (χ4v) is 4.79. The van der Waals surface area contributed by atoms with Crippen molar-refractivity contribution >= 4 is 15.9 Å². The average Bonchev–Trinajstić information content (AvgIpc) is 2.66. The van der Waals surface area contributed by atoms with E-state index in [1.54, 1.807) is 18.2 Å². The van der Waals surface area contributed by atoms with E-state index in [0.29, 0.717) is 31.1 Å². The lowest BCUT2D eigenvalue weighted by Crippen LogP contribution is -2.57. The molecule has 0 spiro atoms. The summed E-state index contributed by atoms with van der Waals surface area (Å²) in [4.78, 5) is 12.5. The molecule has 1 atom stereocenters. The van der Waals surface area contributed by atoms with E-state index in [4.69, 9.17) is 9.47 Å². The molecular weight excluding hydrogens is 387 g/mol. The van der Waals surface area contributed by atoms with Gasteiger partial charge in [0.25, 0.3) is 0 Å². The molecule has 4 rings (SSSR count). The Kier molecular flexibility index (Phi) is 4.94. The molecular formula is C19H19FN2O5S. The summed E-state index contributed by atoms with van der Waals surface area (Å²) < 4.78 is 50.9. The Labute approximate surface area is 162 Å². The number of halogens is 1. The maximum atomic E-state index is 12.9. The van der Waals surface area contributed by atoms with E-state index >= 15 is 0 Å². The highest BCUT2D eigenvalue weighted by Crippen LogP contribution is 2.35. The predicted molar refractivity (Wildman–Crippen MR) is 98.0 cm³/mol. The normalized spacial score (nSPS) is 19.0. The average molecular weight is 406 g/mol. The first-order chi connectivity index (χ1) is 13.4. The summed E-state index contributed by atoms with van der Waals surface area (Å²) in [6.45, 7) is 1.25. The molecule has 1 saturated heterocycles. The number of rotatable bonds is 5. The van der Waals surface area contributed by atoms with Gasteiger partial charge >= 0.3 is 0 Å². The van der Waals surface area contributed by atoms with Crippen LogP contribution in [0.15, 0.2) is 47.4 Å². The Balaban J connectivity index is 1.45. The molecule has 0 saturated carbocycles. The van der Waals surface area contributed by atoms with Crippen molar-refractivity contribution in [3.8, 4) is 11.5 Å². The summed E-state index contributed by atoms with van der Waals surface area (Å²) in [5.41, 5.74) is 0.732. The molecule has 2 aliphatic heterocycles. The van der Waals surface area contributed by atoms with E-state index in [9.17, 15) is 17.6 Å². The number of hydrogen-bond acceptors (Lipinski definition) is 5. The molecule has 2 aromatic carbocycles. The maximum Gasteiger partial charge on any atom is 0.243 e. The zero-order valence-corrected chi connectivity index (χ0v) is 15.7. The van der Waals surface area contributed by atoms with Crippen molar-refractivity contribution in [3.63, 3.8) is 0 Å². The highest BCUT2D eigenvalue weighted by atomic mass is 32.2. The molecule has 1 unspecified atom stereocenters. The molecule has 2 aromatic rings. The number of fused-ring (bicyclic) bond motifs is 1. The van der Waals surface area contributed by atoms with Crippen molar-refractivity contribution in [3.05, 3.63) is 53.8 Å². The van der Waals surface area contributed by atoms with Crippen LogP contribution in [-0.2, 0) is 21.4 Å². The van der Waals surface area contributed by atoms with E-state index in [1.807, 2.05) is 0 Å². The summed E-state index contributed by atoms with van der Waals surface area (Å²) in [5.74, 6) is 0.148. The lowest BCUT2D eigenvalue weighted by molar-refractivity contribution is -0.127. The predicted octanol–water partition coefficient (Wildman–Crippen LogP) is 1.68. The van der Waals surface area contributed by atoms with Crippen LogP contribution in [0.4, 0.5) is 4.39 Å². The molecule has 2 aliphatic rings. The molecule has 148 valence electrons.